The largest absolute Gasteiger partial charge is 0.435 e. The van der Waals surface area contributed by atoms with Gasteiger partial charge < -0.3 is 5.73 Å². The summed E-state index contributed by atoms with van der Waals surface area (Å²) in [6.45, 7) is 0. The molecule has 3 N–H and O–H groups in total. The van der Waals surface area contributed by atoms with Crippen LogP contribution in [0.3, 0.4) is 0 Å². The van der Waals surface area contributed by atoms with Crippen molar-refractivity contribution in [3.05, 3.63) is 0 Å². The first-order valence-corrected chi connectivity index (χ1v) is 2.52. The summed E-state index contributed by atoms with van der Waals surface area (Å²) in [5.41, 5.74) is 4.15. The second-order valence-corrected chi connectivity index (χ2v) is 1.37. The molecule has 0 aliphatic carbocycles. The molecular weight excluding hydrogens is 139 g/mol. The smallest absolute Gasteiger partial charge is 0.337 e. The number of halogens is 1. The zero-order valence-electron chi connectivity index (χ0n) is 3.57. The van der Waals surface area contributed by atoms with Crippen LogP contribution >= 0.6 is 0 Å². The summed E-state index contributed by atoms with van der Waals surface area (Å²) < 4.78 is 34.1. The quantitative estimate of drug-likeness (QED) is 0.199. The van der Waals surface area contributed by atoms with Gasteiger partial charge in [0.2, 0.25) is 0 Å². The first-order valence-electron chi connectivity index (χ1n) is 1.18. The Morgan fingerprint density at radius 1 is 1.75 bits per heavy atom. The van der Waals surface area contributed by atoms with Crippen LogP contribution in [0.1, 0.15) is 0 Å². The monoisotopic (exact) mass is 142 g/mol. The zero-order valence-corrected chi connectivity index (χ0v) is 4.39. The van der Waals surface area contributed by atoms with Crippen molar-refractivity contribution >= 4 is 10.5 Å². The van der Waals surface area contributed by atoms with Crippen molar-refractivity contribution in [3.8, 4) is 6.19 Å². The second-order valence-electron chi connectivity index (χ2n) is 0.541. The van der Waals surface area contributed by atoms with Crippen LogP contribution in [0.2, 0.25) is 0 Å². The van der Waals surface area contributed by atoms with Crippen LogP contribution in [0, 0.1) is 11.5 Å². The molecule has 5 nitrogen and oxygen atoms in total. The molecule has 7 heteroatoms. The molecule has 0 aromatic carbocycles. The molecule has 0 saturated carbocycles. The average Bonchev–Trinajstić information content (AvgIpc) is 1.27. The molecular formula is CH3FN2O3S. The lowest BCUT2D eigenvalue weighted by molar-refractivity contribution is 0.435. The molecule has 8 heavy (non-hydrogen) atoms. The van der Waals surface area contributed by atoms with E-state index in [9.17, 15) is 3.89 Å². The predicted octanol–water partition coefficient (Wildman–Crippen LogP) is -0.815. The molecule has 0 fully saturated rings. The first kappa shape index (κ1) is 10.2. The van der Waals surface area contributed by atoms with E-state index in [0.29, 0.717) is 0 Å². The molecule has 48 valence electrons. The summed E-state index contributed by atoms with van der Waals surface area (Å²) in [7, 11) is -5.17. The molecule has 0 amide bonds. The third kappa shape index (κ3) is 116. The summed E-state index contributed by atoms with van der Waals surface area (Å²) in [6.07, 6.45) is 1.25. The molecule has 0 bridgehead atoms. The van der Waals surface area contributed by atoms with E-state index >= 15 is 0 Å². The lowest BCUT2D eigenvalue weighted by Crippen LogP contribution is -1.80. The van der Waals surface area contributed by atoms with Crippen molar-refractivity contribution < 1.29 is 16.9 Å². The van der Waals surface area contributed by atoms with Gasteiger partial charge in [0.15, 0.2) is 6.19 Å². The van der Waals surface area contributed by atoms with E-state index in [-0.39, 0.29) is 0 Å². The molecule has 0 atom stereocenters. The van der Waals surface area contributed by atoms with Gasteiger partial charge in [0, 0.05) is 0 Å². The number of hydrogen-bond donors (Lipinski definition) is 2. The average molecular weight is 142 g/mol. The third-order valence-electron chi connectivity index (χ3n) is 0. The highest BCUT2D eigenvalue weighted by atomic mass is 32.3. The maximum Gasteiger partial charge on any atom is 0.435 e. The molecule has 0 saturated heterocycles. The number of hydrogen-bond acceptors (Lipinski definition) is 4. The van der Waals surface area contributed by atoms with Crippen LogP contribution in [-0.2, 0) is 10.5 Å². The Morgan fingerprint density at radius 2 is 1.75 bits per heavy atom. The Hall–Kier alpha value is -0.870. The fourth-order valence-electron chi connectivity index (χ4n) is 0. The van der Waals surface area contributed by atoms with Gasteiger partial charge in [0.1, 0.15) is 0 Å². The molecule has 0 spiro atoms. The van der Waals surface area contributed by atoms with Gasteiger partial charge in [-0.3, -0.25) is 4.55 Å². The Labute approximate surface area is 45.6 Å². The normalized spacial score (nSPS) is 8.12. The summed E-state index contributed by atoms with van der Waals surface area (Å²) in [5, 5.41) is 7.10. The summed E-state index contributed by atoms with van der Waals surface area (Å²) in [6, 6.07) is 0. The summed E-state index contributed by atoms with van der Waals surface area (Å²) in [5.74, 6) is 0. The highest BCUT2D eigenvalue weighted by Crippen LogP contribution is 1.74. The van der Waals surface area contributed by atoms with Crippen LogP contribution in [0.5, 0.6) is 0 Å². The minimum atomic E-state index is -5.17. The second kappa shape index (κ2) is 4.29. The van der Waals surface area contributed by atoms with Gasteiger partial charge in [-0.05, 0) is 0 Å². The van der Waals surface area contributed by atoms with Gasteiger partial charge in [-0.2, -0.15) is 13.7 Å². The molecule has 0 rings (SSSR count). The number of nitriles is 1. The molecule has 0 aliphatic heterocycles. The van der Waals surface area contributed by atoms with E-state index in [4.69, 9.17) is 18.2 Å². The van der Waals surface area contributed by atoms with Crippen molar-refractivity contribution in [2.24, 2.45) is 5.73 Å². The Balaban J connectivity index is 0. The van der Waals surface area contributed by atoms with E-state index < -0.39 is 10.5 Å². The van der Waals surface area contributed by atoms with Crippen LogP contribution in [-0.4, -0.2) is 13.0 Å². The number of rotatable bonds is 0. The van der Waals surface area contributed by atoms with Gasteiger partial charge in [-0.25, -0.2) is 0 Å². The van der Waals surface area contributed by atoms with Gasteiger partial charge in [0.25, 0.3) is 0 Å². The molecule has 0 heterocycles. The fourth-order valence-corrected chi connectivity index (χ4v) is 0. The molecule has 0 aromatic heterocycles. The van der Waals surface area contributed by atoms with Gasteiger partial charge in [-0.15, -0.1) is 0 Å². The van der Waals surface area contributed by atoms with Gasteiger partial charge in [0.05, 0.1) is 0 Å². The Kier molecular flexibility index (Phi) is 5.46. The van der Waals surface area contributed by atoms with Crippen LogP contribution in [0.4, 0.5) is 3.89 Å². The van der Waals surface area contributed by atoms with Crippen molar-refractivity contribution in [2.45, 2.75) is 0 Å². The lowest BCUT2D eigenvalue weighted by atomic mass is 11.5. The van der Waals surface area contributed by atoms with Gasteiger partial charge in [-0.1, -0.05) is 3.89 Å². The van der Waals surface area contributed by atoms with Gasteiger partial charge >= 0.3 is 10.5 Å². The molecule has 0 aromatic rings. The number of nitrogens with two attached hydrogens (primary N) is 1. The summed E-state index contributed by atoms with van der Waals surface area (Å²) in [4.78, 5) is 0. The number of nitrogens with zero attached hydrogens (tertiary/aromatic N) is 1. The Morgan fingerprint density at radius 3 is 1.75 bits per heavy atom. The maximum absolute atomic E-state index is 10.2. The van der Waals surface area contributed by atoms with Crippen molar-refractivity contribution in [3.63, 3.8) is 0 Å². The minimum Gasteiger partial charge on any atom is -0.337 e. The van der Waals surface area contributed by atoms with Crippen molar-refractivity contribution in [1.82, 2.24) is 0 Å². The highest BCUT2D eigenvalue weighted by Gasteiger charge is 1.89. The fraction of sp³-hybridized carbons (Fsp3) is 0. The highest BCUT2D eigenvalue weighted by molar-refractivity contribution is 7.80. The van der Waals surface area contributed by atoms with E-state index in [1.165, 1.54) is 6.19 Å². The summed E-state index contributed by atoms with van der Waals surface area (Å²) >= 11 is 0. The maximum atomic E-state index is 10.2. The van der Waals surface area contributed by atoms with Crippen LogP contribution in [0.25, 0.3) is 0 Å². The molecule has 0 unspecified atom stereocenters. The lowest BCUT2D eigenvalue weighted by Gasteiger charge is -1.63. The minimum absolute atomic E-state index is 1.25. The van der Waals surface area contributed by atoms with E-state index in [2.05, 4.69) is 5.73 Å². The van der Waals surface area contributed by atoms with Crippen LogP contribution in [0.15, 0.2) is 0 Å². The predicted molar refractivity (Wildman–Crippen MR) is 22.5 cm³/mol. The third-order valence-corrected chi connectivity index (χ3v) is 0. The Bertz CT molecular complexity index is 158. The van der Waals surface area contributed by atoms with E-state index in [0.717, 1.165) is 0 Å². The van der Waals surface area contributed by atoms with Crippen molar-refractivity contribution in [2.75, 3.05) is 0 Å². The molecule has 0 radical (unpaired) electrons. The first-order chi connectivity index (χ1) is 3.41. The molecule has 0 aliphatic rings. The zero-order chi connectivity index (χ0) is 7.21. The van der Waals surface area contributed by atoms with E-state index in [1.54, 1.807) is 0 Å². The van der Waals surface area contributed by atoms with Crippen molar-refractivity contribution in [1.29, 1.82) is 5.26 Å². The topological polar surface area (TPSA) is 104 Å². The standard InChI is InChI=1S/CH2N2.FHO3S/c2-1-3;1-5(2,3)4/h2H2;(H,2,3,4). The van der Waals surface area contributed by atoms with Crippen LogP contribution < -0.4 is 5.73 Å². The van der Waals surface area contributed by atoms with E-state index in [1.807, 2.05) is 0 Å². The SMILES string of the molecule is N#CN.O=S(=O)(O)F.